The van der Waals surface area contributed by atoms with E-state index >= 15 is 0 Å². The van der Waals surface area contributed by atoms with E-state index in [4.69, 9.17) is 50.8 Å². The zero-order valence-corrected chi connectivity index (χ0v) is 21.9. The largest absolute Gasteiger partial charge is 0.459 e. The van der Waals surface area contributed by atoms with E-state index in [1.807, 2.05) is 12.1 Å². The van der Waals surface area contributed by atoms with Crippen LogP contribution in [0.4, 0.5) is 5.69 Å². The van der Waals surface area contributed by atoms with Crippen molar-refractivity contribution in [3.8, 4) is 0 Å². The molecule has 4 rings (SSSR count). The van der Waals surface area contributed by atoms with Crippen LogP contribution in [0.5, 0.6) is 0 Å². The Kier molecular flexibility index (Phi) is 8.22. The molecule has 0 N–H and O–H groups in total. The topological polar surface area (TPSA) is 62.9 Å². The molecule has 0 fully saturated rings. The van der Waals surface area contributed by atoms with Crippen molar-refractivity contribution >= 4 is 68.3 Å². The summed E-state index contributed by atoms with van der Waals surface area (Å²) in [5.74, 6) is 0.890. The lowest BCUT2D eigenvalue weighted by Gasteiger charge is -2.22. The van der Waals surface area contributed by atoms with Crippen LogP contribution in [0.3, 0.4) is 0 Å². The average Bonchev–Trinajstić information content (AvgIpc) is 3.28. The highest BCUT2D eigenvalue weighted by Crippen LogP contribution is 2.27. The molecular weight excluding hydrogens is 550 g/mol. The number of furan rings is 1. The lowest BCUT2D eigenvalue weighted by molar-refractivity contribution is 0.357. The molecule has 0 spiro atoms. The minimum absolute atomic E-state index is 0.0227. The average molecular weight is 568 g/mol. The van der Waals surface area contributed by atoms with Gasteiger partial charge in [-0.1, -0.05) is 64.6 Å². The number of hydrogen-bond donors (Lipinski definition) is 0. The number of benzene rings is 3. The van der Waals surface area contributed by atoms with Crippen LogP contribution in [0, 0.1) is 0 Å². The molecule has 4 aromatic rings. The number of sulfonamides is 1. The Hall–Kier alpha value is -2.32. The van der Waals surface area contributed by atoms with E-state index in [0.717, 1.165) is 0 Å². The van der Waals surface area contributed by atoms with E-state index < -0.39 is 10.0 Å². The van der Waals surface area contributed by atoms with Crippen molar-refractivity contribution in [1.82, 2.24) is 4.31 Å². The van der Waals surface area contributed by atoms with Crippen LogP contribution >= 0.6 is 46.4 Å². The van der Waals surface area contributed by atoms with Crippen LogP contribution in [0.1, 0.15) is 17.1 Å². The van der Waals surface area contributed by atoms with Crippen molar-refractivity contribution in [2.75, 3.05) is 0 Å². The molecule has 0 aliphatic heterocycles. The van der Waals surface area contributed by atoms with Crippen molar-refractivity contribution in [3.63, 3.8) is 0 Å². The van der Waals surface area contributed by atoms with Crippen molar-refractivity contribution in [2.24, 2.45) is 4.99 Å². The van der Waals surface area contributed by atoms with Gasteiger partial charge in [-0.15, -0.1) is 0 Å². The van der Waals surface area contributed by atoms with Crippen LogP contribution < -0.4 is 0 Å². The van der Waals surface area contributed by atoms with Gasteiger partial charge in [-0.3, -0.25) is 4.99 Å². The van der Waals surface area contributed by atoms with Crippen molar-refractivity contribution in [3.05, 3.63) is 116 Å². The molecule has 0 unspecified atom stereocenters. The smallest absolute Gasteiger partial charge is 0.243 e. The third-order valence-corrected chi connectivity index (χ3v) is 8.11. The van der Waals surface area contributed by atoms with Crippen LogP contribution in [0.25, 0.3) is 0 Å². The first-order valence-corrected chi connectivity index (χ1v) is 13.2. The van der Waals surface area contributed by atoms with Crippen molar-refractivity contribution < 1.29 is 12.8 Å². The summed E-state index contributed by atoms with van der Waals surface area (Å²) in [5.41, 5.74) is 1.27. The first-order chi connectivity index (χ1) is 16.7. The number of hydrogen-bond acceptors (Lipinski definition) is 4. The van der Waals surface area contributed by atoms with Crippen molar-refractivity contribution in [2.45, 2.75) is 18.0 Å². The fourth-order valence-corrected chi connectivity index (χ4v) is 5.26. The van der Waals surface area contributed by atoms with Crippen LogP contribution in [-0.2, 0) is 23.1 Å². The number of nitrogens with zero attached hydrogens (tertiary/aromatic N) is 2. The summed E-state index contributed by atoms with van der Waals surface area (Å²) in [6.07, 6.45) is 1.53. The quantitative estimate of drug-likeness (QED) is 0.202. The third kappa shape index (κ3) is 6.47. The molecule has 0 bridgehead atoms. The molecule has 0 amide bonds. The zero-order valence-electron chi connectivity index (χ0n) is 18.0. The van der Waals surface area contributed by atoms with Crippen molar-refractivity contribution in [1.29, 1.82) is 0 Å². The maximum Gasteiger partial charge on any atom is 0.243 e. The van der Waals surface area contributed by atoms with Gasteiger partial charge in [0.2, 0.25) is 10.0 Å². The van der Waals surface area contributed by atoms with Gasteiger partial charge >= 0.3 is 0 Å². The van der Waals surface area contributed by atoms with Gasteiger partial charge in [0.05, 0.1) is 38.4 Å². The van der Waals surface area contributed by atoms with Gasteiger partial charge < -0.3 is 4.42 Å². The summed E-state index contributed by atoms with van der Waals surface area (Å²) in [6, 6.07) is 21.5. The van der Waals surface area contributed by atoms with Crippen LogP contribution in [-0.4, -0.2) is 18.9 Å². The monoisotopic (exact) mass is 566 g/mol. The van der Waals surface area contributed by atoms with Crippen LogP contribution in [0.2, 0.25) is 20.1 Å². The Balaban J connectivity index is 1.62. The molecule has 0 saturated carbocycles. The Bertz CT molecular complexity index is 1470. The molecule has 180 valence electrons. The van der Waals surface area contributed by atoms with Gasteiger partial charge in [-0.25, -0.2) is 8.42 Å². The molecule has 0 aliphatic rings. The zero-order chi connectivity index (χ0) is 25.0. The second-order valence-corrected chi connectivity index (χ2v) is 11.1. The normalized spacial score (nSPS) is 12.0. The molecule has 3 aromatic carbocycles. The van der Waals surface area contributed by atoms with E-state index in [9.17, 15) is 8.42 Å². The van der Waals surface area contributed by atoms with Gasteiger partial charge in [0.1, 0.15) is 11.5 Å². The Morgan fingerprint density at radius 2 is 1.54 bits per heavy atom. The number of rotatable bonds is 8. The molecule has 0 aliphatic carbocycles. The molecule has 5 nitrogen and oxygen atoms in total. The summed E-state index contributed by atoms with van der Waals surface area (Å²) in [4.78, 5) is 4.44. The predicted molar refractivity (Wildman–Crippen MR) is 142 cm³/mol. The molecular formula is C25H18Cl4N2O3S. The summed E-state index contributed by atoms with van der Waals surface area (Å²) in [7, 11) is -3.90. The molecule has 10 heteroatoms. The second kappa shape index (κ2) is 11.2. The maximum atomic E-state index is 13.5. The van der Waals surface area contributed by atoms with Gasteiger partial charge in [0, 0.05) is 11.6 Å². The summed E-state index contributed by atoms with van der Waals surface area (Å²) in [6.45, 7) is 0.0245. The summed E-state index contributed by atoms with van der Waals surface area (Å²) in [5, 5.41) is 1.67. The number of aliphatic imine (C=N–C) groups is 1. The molecule has 1 aromatic heterocycles. The molecule has 1 heterocycles. The number of halogens is 4. The van der Waals surface area contributed by atoms with Gasteiger partial charge in [-0.05, 0) is 66.2 Å². The molecule has 0 atom stereocenters. The fourth-order valence-electron chi connectivity index (χ4n) is 3.24. The van der Waals surface area contributed by atoms with E-state index in [-0.39, 0.29) is 18.0 Å². The first-order valence-electron chi connectivity index (χ1n) is 10.3. The Morgan fingerprint density at radius 3 is 2.26 bits per heavy atom. The van der Waals surface area contributed by atoms with E-state index in [1.165, 1.54) is 34.8 Å². The lowest BCUT2D eigenvalue weighted by atomic mass is 10.2. The highest BCUT2D eigenvalue weighted by atomic mass is 35.5. The highest BCUT2D eigenvalue weighted by molar-refractivity contribution is 7.89. The lowest BCUT2D eigenvalue weighted by Crippen LogP contribution is -2.30. The minimum atomic E-state index is -3.90. The Morgan fingerprint density at radius 1 is 0.800 bits per heavy atom. The predicted octanol–water partition coefficient (Wildman–Crippen LogP) is 8.03. The fraction of sp³-hybridized carbons (Fsp3) is 0.0800. The van der Waals surface area contributed by atoms with Gasteiger partial charge in [0.25, 0.3) is 0 Å². The van der Waals surface area contributed by atoms with E-state index in [0.29, 0.717) is 42.9 Å². The van der Waals surface area contributed by atoms with Crippen LogP contribution in [0.15, 0.2) is 93.2 Å². The molecule has 0 saturated heterocycles. The summed E-state index contributed by atoms with van der Waals surface area (Å²) >= 11 is 24.3. The van der Waals surface area contributed by atoms with E-state index in [1.54, 1.807) is 42.5 Å². The SMILES string of the molecule is O=S(=O)(c1ccc(Cl)cc1)N(Cc1ccc(Cl)c(Cl)c1)Cc1ccc(C=Nc2ccccc2Cl)o1. The summed E-state index contributed by atoms with van der Waals surface area (Å²) < 4.78 is 34.1. The molecule has 35 heavy (non-hydrogen) atoms. The standard InChI is InChI=1S/C25H18Cl4N2O3S/c26-18-6-10-21(11-7-18)35(32,33)31(15-17-5-12-22(27)24(29)13-17)16-20-9-8-19(34-20)14-30-25-4-2-1-3-23(25)28/h1-14H,15-16H2. The Labute approximate surface area is 223 Å². The highest BCUT2D eigenvalue weighted by Gasteiger charge is 2.26. The maximum absolute atomic E-state index is 13.5. The van der Waals surface area contributed by atoms with E-state index in [2.05, 4.69) is 4.99 Å². The first kappa shape index (κ1) is 25.8. The number of para-hydroxylation sites is 1. The third-order valence-electron chi connectivity index (χ3n) is 4.99. The van der Waals surface area contributed by atoms with Gasteiger partial charge in [0.15, 0.2) is 0 Å². The minimum Gasteiger partial charge on any atom is -0.459 e. The second-order valence-electron chi connectivity index (χ2n) is 7.49. The molecule has 0 radical (unpaired) electrons. The van der Waals surface area contributed by atoms with Gasteiger partial charge in [-0.2, -0.15) is 4.31 Å².